The summed E-state index contributed by atoms with van der Waals surface area (Å²) in [5.74, 6) is -0.955. The highest BCUT2D eigenvalue weighted by Crippen LogP contribution is 2.20. The molecule has 1 aromatic rings. The molecule has 0 saturated heterocycles. The van der Waals surface area contributed by atoms with Gasteiger partial charge in [0.2, 0.25) is 0 Å². The molecule has 0 aliphatic heterocycles. The number of nitrogens with one attached hydrogen (secondary N) is 1. The third-order valence-electron chi connectivity index (χ3n) is 2.94. The van der Waals surface area contributed by atoms with Crippen LogP contribution < -0.4 is 10.1 Å². The molecule has 0 aliphatic carbocycles. The molecule has 0 aromatic heterocycles. The average Bonchev–Trinajstić information content (AvgIpc) is 2.38. The maximum absolute atomic E-state index is 12.0. The van der Waals surface area contributed by atoms with Gasteiger partial charge in [-0.05, 0) is 44.9 Å². The van der Waals surface area contributed by atoms with Gasteiger partial charge in [-0.2, -0.15) is 0 Å². The van der Waals surface area contributed by atoms with Crippen LogP contribution >= 0.6 is 0 Å². The van der Waals surface area contributed by atoms with Gasteiger partial charge in [-0.25, -0.2) is 0 Å². The Balaban J connectivity index is 2.77. The first-order valence-electron chi connectivity index (χ1n) is 6.58. The zero-order valence-electron chi connectivity index (χ0n) is 12.3. The average molecular weight is 279 g/mol. The van der Waals surface area contributed by atoms with Crippen molar-refractivity contribution in [3.8, 4) is 5.75 Å². The summed E-state index contributed by atoms with van der Waals surface area (Å²) in [5, 5.41) is 11.2. The van der Waals surface area contributed by atoms with Gasteiger partial charge in [0.15, 0.2) is 5.60 Å². The number of rotatable bonds is 6. The molecule has 0 heterocycles. The van der Waals surface area contributed by atoms with Crippen molar-refractivity contribution >= 4 is 11.9 Å². The Morgan fingerprint density at radius 2 is 2.05 bits per heavy atom. The first-order valence-corrected chi connectivity index (χ1v) is 6.58. The van der Waals surface area contributed by atoms with Crippen molar-refractivity contribution in [2.45, 2.75) is 45.8 Å². The number of hydrogen-bond donors (Lipinski definition) is 2. The zero-order valence-corrected chi connectivity index (χ0v) is 12.3. The smallest absolute Gasteiger partial charge is 0.325 e. The minimum atomic E-state index is -1.14. The number of benzene rings is 1. The fourth-order valence-electron chi connectivity index (χ4n) is 1.60. The van der Waals surface area contributed by atoms with E-state index in [4.69, 9.17) is 9.84 Å². The molecule has 1 unspecified atom stereocenters. The SMILES string of the molecule is CCc1cccc(OC(C)(C)C(=O)NC(C)C(=O)O)c1. The first kappa shape index (κ1) is 16.0. The molecule has 20 heavy (non-hydrogen) atoms. The van der Waals surface area contributed by atoms with E-state index >= 15 is 0 Å². The predicted molar refractivity (Wildman–Crippen MR) is 75.8 cm³/mol. The van der Waals surface area contributed by atoms with Crippen molar-refractivity contribution in [1.29, 1.82) is 0 Å². The van der Waals surface area contributed by atoms with Crippen molar-refractivity contribution in [3.63, 3.8) is 0 Å². The fraction of sp³-hybridized carbons (Fsp3) is 0.467. The first-order chi connectivity index (χ1) is 9.26. The van der Waals surface area contributed by atoms with Crippen molar-refractivity contribution in [3.05, 3.63) is 29.8 Å². The van der Waals surface area contributed by atoms with Crippen molar-refractivity contribution in [2.75, 3.05) is 0 Å². The van der Waals surface area contributed by atoms with Gasteiger partial charge in [0.1, 0.15) is 11.8 Å². The molecular weight excluding hydrogens is 258 g/mol. The summed E-state index contributed by atoms with van der Waals surface area (Å²) in [6, 6.07) is 6.53. The quantitative estimate of drug-likeness (QED) is 0.835. The Morgan fingerprint density at radius 3 is 2.60 bits per heavy atom. The van der Waals surface area contributed by atoms with Crippen LogP contribution in [0.4, 0.5) is 0 Å². The highest BCUT2D eigenvalue weighted by molar-refractivity contribution is 5.88. The second-order valence-electron chi connectivity index (χ2n) is 5.15. The van der Waals surface area contributed by atoms with Gasteiger partial charge in [0.25, 0.3) is 5.91 Å². The number of hydrogen-bond acceptors (Lipinski definition) is 3. The molecule has 0 radical (unpaired) electrons. The third-order valence-corrected chi connectivity index (χ3v) is 2.94. The summed E-state index contributed by atoms with van der Waals surface area (Å²) in [5.41, 5.74) is -0.0339. The lowest BCUT2D eigenvalue weighted by atomic mass is 10.1. The molecule has 1 atom stereocenters. The number of amides is 1. The van der Waals surface area contributed by atoms with E-state index in [0.29, 0.717) is 5.75 Å². The van der Waals surface area contributed by atoms with Gasteiger partial charge >= 0.3 is 5.97 Å². The number of carbonyl (C=O) groups is 2. The van der Waals surface area contributed by atoms with Gasteiger partial charge in [0.05, 0.1) is 0 Å². The van der Waals surface area contributed by atoms with Gasteiger partial charge in [-0.3, -0.25) is 9.59 Å². The van der Waals surface area contributed by atoms with Crippen LogP contribution in [-0.2, 0) is 16.0 Å². The van der Waals surface area contributed by atoms with Crippen LogP contribution in [0.15, 0.2) is 24.3 Å². The standard InChI is InChI=1S/C15H21NO4/c1-5-11-7-6-8-12(9-11)20-15(3,4)14(19)16-10(2)13(17)18/h6-10H,5H2,1-4H3,(H,16,19)(H,17,18). The molecule has 0 aliphatic rings. The molecule has 5 nitrogen and oxygen atoms in total. The topological polar surface area (TPSA) is 75.6 Å². The minimum Gasteiger partial charge on any atom is -0.480 e. The van der Waals surface area contributed by atoms with Gasteiger partial charge in [-0.1, -0.05) is 19.1 Å². The highest BCUT2D eigenvalue weighted by Gasteiger charge is 2.32. The van der Waals surface area contributed by atoms with Crippen molar-refractivity contribution < 1.29 is 19.4 Å². The van der Waals surface area contributed by atoms with Crippen LogP contribution in [0.2, 0.25) is 0 Å². The molecule has 0 bridgehead atoms. The van der Waals surface area contributed by atoms with E-state index in [-0.39, 0.29) is 0 Å². The third kappa shape index (κ3) is 4.26. The Hall–Kier alpha value is -2.04. The summed E-state index contributed by atoms with van der Waals surface area (Å²) >= 11 is 0. The zero-order chi connectivity index (χ0) is 15.3. The van der Waals surface area contributed by atoms with Crippen LogP contribution in [0.1, 0.15) is 33.3 Å². The number of carboxylic acid groups (broad SMARTS) is 1. The van der Waals surface area contributed by atoms with Crippen LogP contribution in [0, 0.1) is 0 Å². The van der Waals surface area contributed by atoms with Crippen LogP contribution in [0.25, 0.3) is 0 Å². The van der Waals surface area contributed by atoms with E-state index in [1.54, 1.807) is 19.9 Å². The van der Waals surface area contributed by atoms with Crippen LogP contribution in [-0.4, -0.2) is 28.6 Å². The Kier molecular flexibility index (Phi) is 5.13. The molecule has 2 N–H and O–H groups in total. The van der Waals surface area contributed by atoms with Crippen LogP contribution in [0.3, 0.4) is 0 Å². The summed E-state index contributed by atoms with van der Waals surface area (Å²) in [6.45, 7) is 6.66. The molecular formula is C15H21NO4. The van der Waals surface area contributed by atoms with E-state index in [2.05, 4.69) is 5.32 Å². The molecule has 110 valence electrons. The molecule has 5 heteroatoms. The Labute approximate surface area is 118 Å². The lowest BCUT2D eigenvalue weighted by molar-refractivity contribution is -0.144. The van der Waals surface area contributed by atoms with E-state index in [9.17, 15) is 9.59 Å². The van der Waals surface area contributed by atoms with Gasteiger partial charge < -0.3 is 15.2 Å². The molecule has 1 amide bonds. The number of aliphatic carboxylic acids is 1. The number of ether oxygens (including phenoxy) is 1. The second kappa shape index (κ2) is 6.41. The molecule has 1 rings (SSSR count). The Bertz CT molecular complexity index is 496. The van der Waals surface area contributed by atoms with E-state index in [0.717, 1.165) is 12.0 Å². The van der Waals surface area contributed by atoms with E-state index in [1.807, 2.05) is 25.1 Å². The Morgan fingerprint density at radius 1 is 1.40 bits per heavy atom. The van der Waals surface area contributed by atoms with Gasteiger partial charge in [-0.15, -0.1) is 0 Å². The molecule has 1 aromatic carbocycles. The number of carboxylic acids is 1. The largest absolute Gasteiger partial charge is 0.480 e. The monoisotopic (exact) mass is 279 g/mol. The van der Waals surface area contributed by atoms with E-state index in [1.165, 1.54) is 6.92 Å². The number of aryl methyl sites for hydroxylation is 1. The maximum Gasteiger partial charge on any atom is 0.325 e. The van der Waals surface area contributed by atoms with Crippen molar-refractivity contribution in [2.24, 2.45) is 0 Å². The van der Waals surface area contributed by atoms with E-state index < -0.39 is 23.5 Å². The lowest BCUT2D eigenvalue weighted by Gasteiger charge is -2.26. The molecule has 0 saturated carbocycles. The fourth-order valence-corrected chi connectivity index (χ4v) is 1.60. The van der Waals surface area contributed by atoms with Crippen molar-refractivity contribution in [1.82, 2.24) is 5.32 Å². The normalized spacial score (nSPS) is 12.6. The summed E-state index contributed by atoms with van der Waals surface area (Å²) in [4.78, 5) is 22.8. The summed E-state index contributed by atoms with van der Waals surface area (Å²) in [6.07, 6.45) is 0.875. The summed E-state index contributed by atoms with van der Waals surface area (Å²) < 4.78 is 5.68. The number of carbonyl (C=O) groups excluding carboxylic acids is 1. The van der Waals surface area contributed by atoms with Crippen LogP contribution in [0.5, 0.6) is 5.75 Å². The maximum atomic E-state index is 12.0. The predicted octanol–water partition coefficient (Wildman–Crippen LogP) is 2.00. The highest BCUT2D eigenvalue weighted by atomic mass is 16.5. The molecule has 0 spiro atoms. The van der Waals surface area contributed by atoms with Gasteiger partial charge in [0, 0.05) is 0 Å². The second-order valence-corrected chi connectivity index (χ2v) is 5.15. The molecule has 0 fully saturated rings. The lowest BCUT2D eigenvalue weighted by Crippen LogP contribution is -2.51. The summed E-state index contributed by atoms with van der Waals surface area (Å²) in [7, 11) is 0. The minimum absolute atomic E-state index is 0.464.